The van der Waals surface area contributed by atoms with Crippen LogP contribution in [-0.4, -0.2) is 33.6 Å². The van der Waals surface area contributed by atoms with Crippen molar-refractivity contribution >= 4 is 23.4 Å². The number of phenolic OH excluding ortho intramolecular Hbond substituents is 1. The van der Waals surface area contributed by atoms with Crippen molar-refractivity contribution in [3.8, 4) is 5.75 Å². The number of rotatable bonds is 16. The first-order valence-corrected chi connectivity index (χ1v) is 13.4. The SMILES string of the molecule is CC.CC(C)=O.CCCCCCCCCCC/C(=N\OC(=O)CCCC(=O)O)c1cc(C)ccc1O. The Bertz CT molecular complexity index is 769. The van der Waals surface area contributed by atoms with Gasteiger partial charge in [-0.1, -0.05) is 88.9 Å². The van der Waals surface area contributed by atoms with E-state index in [1.54, 1.807) is 6.07 Å². The van der Waals surface area contributed by atoms with Crippen molar-refractivity contribution in [2.24, 2.45) is 5.16 Å². The number of unbranched alkanes of at least 4 members (excludes halogenated alkanes) is 8. The molecule has 0 aliphatic rings. The normalized spacial score (nSPS) is 10.4. The lowest BCUT2D eigenvalue weighted by atomic mass is 10.00. The number of hydrogen-bond acceptors (Lipinski definition) is 6. The van der Waals surface area contributed by atoms with Crippen LogP contribution in [0, 0.1) is 6.92 Å². The Morgan fingerprint density at radius 3 is 1.89 bits per heavy atom. The maximum absolute atomic E-state index is 11.9. The number of aryl methyl sites for hydroxylation is 1. The van der Waals surface area contributed by atoms with Crippen molar-refractivity contribution in [3.05, 3.63) is 29.3 Å². The third-order valence-electron chi connectivity index (χ3n) is 5.01. The standard InChI is InChI=1S/C24H37NO5.C3H6O.C2H6/c1-3-4-5-6-7-8-9-10-11-13-21(20-18-19(2)16-17-22(20)26)25-30-24(29)15-12-14-23(27)28;1-3(2)4;1-2/h16-18,26H,3-15H2,1-2H3,(H,27,28);1-2H3;1-2H3/b25-21+;;. The minimum Gasteiger partial charge on any atom is -0.507 e. The van der Waals surface area contributed by atoms with E-state index in [1.165, 1.54) is 52.4 Å². The first-order valence-electron chi connectivity index (χ1n) is 13.4. The van der Waals surface area contributed by atoms with Crippen molar-refractivity contribution < 1.29 is 29.4 Å². The highest BCUT2D eigenvalue weighted by molar-refractivity contribution is 6.02. The zero-order valence-corrected chi connectivity index (χ0v) is 23.4. The summed E-state index contributed by atoms with van der Waals surface area (Å²) in [6.07, 6.45) is 11.6. The van der Waals surface area contributed by atoms with Gasteiger partial charge >= 0.3 is 11.9 Å². The van der Waals surface area contributed by atoms with Crippen LogP contribution in [0.2, 0.25) is 0 Å². The fraction of sp³-hybridized carbons (Fsp3) is 0.655. The quantitative estimate of drug-likeness (QED) is 0.102. The Labute approximate surface area is 218 Å². The molecule has 0 atom stereocenters. The van der Waals surface area contributed by atoms with Crippen LogP contribution < -0.4 is 0 Å². The highest BCUT2D eigenvalue weighted by atomic mass is 16.7. The number of carboxylic acids is 1. The molecule has 7 nitrogen and oxygen atoms in total. The molecule has 0 spiro atoms. The van der Waals surface area contributed by atoms with E-state index >= 15 is 0 Å². The largest absolute Gasteiger partial charge is 0.507 e. The van der Waals surface area contributed by atoms with Crippen LogP contribution in [0.25, 0.3) is 0 Å². The average Bonchev–Trinajstić information content (AvgIpc) is 2.82. The number of ketones is 1. The van der Waals surface area contributed by atoms with E-state index in [2.05, 4.69) is 12.1 Å². The molecule has 0 saturated carbocycles. The van der Waals surface area contributed by atoms with Crippen LogP contribution in [0.1, 0.15) is 129 Å². The second-order valence-corrected chi connectivity index (χ2v) is 8.76. The third kappa shape index (κ3) is 21.8. The number of aliphatic carboxylic acids is 1. The molecule has 36 heavy (non-hydrogen) atoms. The Balaban J connectivity index is 0. The molecule has 0 heterocycles. The van der Waals surface area contributed by atoms with Gasteiger partial charge in [0.05, 0.1) is 5.71 Å². The minimum absolute atomic E-state index is 0.000904. The molecule has 1 aromatic rings. The number of nitrogens with zero attached hydrogens (tertiary/aromatic N) is 1. The van der Waals surface area contributed by atoms with Crippen molar-refractivity contribution in [3.63, 3.8) is 0 Å². The maximum atomic E-state index is 11.9. The monoisotopic (exact) mass is 507 g/mol. The molecule has 2 N–H and O–H groups in total. The second-order valence-electron chi connectivity index (χ2n) is 8.76. The van der Waals surface area contributed by atoms with E-state index in [9.17, 15) is 19.5 Å². The Morgan fingerprint density at radius 1 is 0.833 bits per heavy atom. The van der Waals surface area contributed by atoms with Gasteiger partial charge in [0.25, 0.3) is 0 Å². The van der Waals surface area contributed by atoms with Gasteiger partial charge in [-0.2, -0.15) is 0 Å². The topological polar surface area (TPSA) is 113 Å². The first-order chi connectivity index (χ1) is 17.2. The summed E-state index contributed by atoms with van der Waals surface area (Å²) in [5.74, 6) is -1.23. The number of benzene rings is 1. The van der Waals surface area contributed by atoms with Crippen LogP contribution in [0.3, 0.4) is 0 Å². The van der Waals surface area contributed by atoms with Gasteiger partial charge in [-0.15, -0.1) is 0 Å². The van der Waals surface area contributed by atoms with Crippen molar-refractivity contribution in [2.45, 2.75) is 125 Å². The molecule has 0 aromatic heterocycles. The average molecular weight is 508 g/mol. The summed E-state index contributed by atoms with van der Waals surface area (Å²) in [6.45, 7) is 11.2. The van der Waals surface area contributed by atoms with Gasteiger partial charge in [-0.05, 0) is 52.2 Å². The number of carbonyl (C=O) groups is 3. The van der Waals surface area contributed by atoms with Crippen molar-refractivity contribution in [1.29, 1.82) is 0 Å². The molecule has 1 rings (SSSR count). The third-order valence-corrected chi connectivity index (χ3v) is 5.01. The molecule has 1 aromatic carbocycles. The van der Waals surface area contributed by atoms with Gasteiger partial charge in [0.15, 0.2) is 0 Å². The minimum atomic E-state index is -0.943. The van der Waals surface area contributed by atoms with Gasteiger partial charge in [0.1, 0.15) is 11.5 Å². The van der Waals surface area contributed by atoms with Crippen LogP contribution in [0.4, 0.5) is 0 Å². The van der Waals surface area contributed by atoms with Gasteiger partial charge in [0, 0.05) is 18.4 Å². The molecule has 0 bridgehead atoms. The summed E-state index contributed by atoms with van der Waals surface area (Å²) < 4.78 is 0. The summed E-state index contributed by atoms with van der Waals surface area (Å²) in [5.41, 5.74) is 2.11. The van der Waals surface area contributed by atoms with Crippen LogP contribution in [0.15, 0.2) is 23.4 Å². The molecule has 0 amide bonds. The zero-order valence-electron chi connectivity index (χ0n) is 23.4. The van der Waals surface area contributed by atoms with Crippen LogP contribution in [0.5, 0.6) is 5.75 Å². The van der Waals surface area contributed by atoms with Crippen molar-refractivity contribution in [2.75, 3.05) is 0 Å². The van der Waals surface area contributed by atoms with Gasteiger partial charge in [0.2, 0.25) is 0 Å². The van der Waals surface area contributed by atoms with Crippen LogP contribution in [-0.2, 0) is 19.2 Å². The Morgan fingerprint density at radius 2 is 1.36 bits per heavy atom. The van der Waals surface area contributed by atoms with Gasteiger partial charge in [-0.25, -0.2) is 4.79 Å². The molecule has 7 heteroatoms. The summed E-state index contributed by atoms with van der Waals surface area (Å²) in [4.78, 5) is 36.9. The molecule has 0 unspecified atom stereocenters. The number of Topliss-reactive ketones (excluding diaryl/α,β-unsaturated/α-hetero) is 1. The van der Waals surface area contributed by atoms with E-state index in [1.807, 2.05) is 32.9 Å². The summed E-state index contributed by atoms with van der Waals surface area (Å²) >= 11 is 0. The van der Waals surface area contributed by atoms with E-state index in [-0.39, 0.29) is 30.8 Å². The number of carbonyl (C=O) groups excluding carboxylic acids is 2. The number of oxime groups is 1. The van der Waals surface area contributed by atoms with Gasteiger partial charge in [-0.3, -0.25) is 4.79 Å². The molecule has 0 aliphatic heterocycles. The summed E-state index contributed by atoms with van der Waals surface area (Å²) in [5, 5.41) is 22.9. The van der Waals surface area contributed by atoms with Gasteiger partial charge < -0.3 is 19.8 Å². The predicted molar refractivity (Wildman–Crippen MR) is 147 cm³/mol. The highest BCUT2D eigenvalue weighted by Gasteiger charge is 2.12. The summed E-state index contributed by atoms with van der Waals surface area (Å²) in [6, 6.07) is 5.26. The molecular formula is C29H49NO6. The Hall–Kier alpha value is -2.70. The molecular weight excluding hydrogens is 458 g/mol. The zero-order chi connectivity index (χ0) is 27.8. The predicted octanol–water partition coefficient (Wildman–Crippen LogP) is 7.75. The molecule has 0 aliphatic carbocycles. The second kappa shape index (κ2) is 24.0. The van der Waals surface area contributed by atoms with Crippen molar-refractivity contribution in [1.82, 2.24) is 0 Å². The Kier molecular flexibility index (Phi) is 23.7. The van der Waals surface area contributed by atoms with E-state index in [4.69, 9.17) is 9.94 Å². The molecule has 0 fully saturated rings. The van der Waals surface area contributed by atoms with E-state index < -0.39 is 11.9 Å². The molecule has 0 saturated heterocycles. The lowest BCUT2D eigenvalue weighted by Gasteiger charge is -2.10. The fourth-order valence-corrected chi connectivity index (χ4v) is 3.25. The number of phenols is 1. The number of aromatic hydroxyl groups is 1. The van der Waals surface area contributed by atoms with E-state index in [0.29, 0.717) is 17.7 Å². The maximum Gasteiger partial charge on any atom is 0.335 e. The molecule has 0 radical (unpaired) electrons. The lowest BCUT2D eigenvalue weighted by molar-refractivity contribution is -0.144. The lowest BCUT2D eigenvalue weighted by Crippen LogP contribution is -2.07. The smallest absolute Gasteiger partial charge is 0.335 e. The molecule has 206 valence electrons. The number of carboxylic acid groups (broad SMARTS) is 1. The highest BCUT2D eigenvalue weighted by Crippen LogP contribution is 2.22. The number of hydrogen-bond donors (Lipinski definition) is 2. The first kappa shape index (κ1) is 35.5. The van der Waals surface area contributed by atoms with E-state index in [0.717, 1.165) is 24.8 Å². The fourth-order valence-electron chi connectivity index (χ4n) is 3.25. The van der Waals surface area contributed by atoms with Crippen LogP contribution >= 0.6 is 0 Å². The summed E-state index contributed by atoms with van der Waals surface area (Å²) in [7, 11) is 0.